The van der Waals surface area contributed by atoms with Gasteiger partial charge in [0.05, 0.1) is 12.2 Å². The second-order valence-electron chi connectivity index (χ2n) is 6.09. The quantitative estimate of drug-likeness (QED) is 0.802. The molecule has 1 atom stereocenters. The highest BCUT2D eigenvalue weighted by atomic mass is 16.1. The number of carbonyl (C=O) groups excluding carboxylic acids is 1. The largest absolute Gasteiger partial charge is 0.345 e. The predicted molar refractivity (Wildman–Crippen MR) is 94.8 cm³/mol. The van der Waals surface area contributed by atoms with Gasteiger partial charge in [-0.1, -0.05) is 24.3 Å². The smallest absolute Gasteiger partial charge is 0.273 e. The highest BCUT2D eigenvalue weighted by molar-refractivity contribution is 5.94. The van der Waals surface area contributed by atoms with Crippen LogP contribution in [0, 0.1) is 0 Å². The molecule has 1 unspecified atom stereocenters. The van der Waals surface area contributed by atoms with Crippen LogP contribution in [0.25, 0.3) is 5.69 Å². The van der Waals surface area contributed by atoms with Crippen molar-refractivity contribution in [3.05, 3.63) is 94.2 Å². The van der Waals surface area contributed by atoms with Crippen LogP contribution in [-0.4, -0.2) is 15.5 Å². The molecule has 1 aliphatic rings. The summed E-state index contributed by atoms with van der Waals surface area (Å²) in [4.78, 5) is 28.1. The summed E-state index contributed by atoms with van der Waals surface area (Å²) >= 11 is 0. The van der Waals surface area contributed by atoms with Gasteiger partial charge in [-0.25, -0.2) is 0 Å². The van der Waals surface area contributed by atoms with Crippen molar-refractivity contribution < 1.29 is 4.79 Å². The molecule has 0 aliphatic heterocycles. The molecule has 1 aromatic heterocycles. The number of fused-ring (bicyclic) bond motifs is 1. The number of benzene rings is 2. The van der Waals surface area contributed by atoms with Crippen LogP contribution in [0.5, 0.6) is 0 Å². The third kappa shape index (κ3) is 2.96. The molecule has 0 saturated heterocycles. The van der Waals surface area contributed by atoms with E-state index in [1.807, 2.05) is 12.1 Å². The standard InChI is InChI=1S/C20H17N3O2/c24-19-13-21-11-12-23(19)16-8-5-15(6-9-16)20(25)22-18-10-7-14-3-1-2-4-17(14)18/h1-6,8-9,11-13,18H,7,10H2,(H,22,25). The first-order chi connectivity index (χ1) is 12.2. The molecule has 25 heavy (non-hydrogen) atoms. The Morgan fingerprint density at radius 1 is 1.12 bits per heavy atom. The Labute approximate surface area is 145 Å². The minimum Gasteiger partial charge on any atom is -0.345 e. The average Bonchev–Trinajstić information content (AvgIpc) is 3.05. The molecule has 3 aromatic rings. The number of hydrogen-bond acceptors (Lipinski definition) is 3. The molecule has 1 amide bonds. The molecule has 5 heteroatoms. The van der Waals surface area contributed by atoms with Crippen LogP contribution in [0.3, 0.4) is 0 Å². The maximum absolute atomic E-state index is 12.5. The first-order valence-corrected chi connectivity index (χ1v) is 8.24. The van der Waals surface area contributed by atoms with Gasteiger partial charge in [0.25, 0.3) is 11.5 Å². The molecule has 1 heterocycles. The number of aryl methyl sites for hydroxylation is 1. The van der Waals surface area contributed by atoms with Crippen LogP contribution in [0.1, 0.15) is 33.9 Å². The van der Waals surface area contributed by atoms with Gasteiger partial charge in [0.2, 0.25) is 0 Å². The highest BCUT2D eigenvalue weighted by Gasteiger charge is 2.23. The van der Waals surface area contributed by atoms with Crippen molar-refractivity contribution in [1.82, 2.24) is 14.9 Å². The fraction of sp³-hybridized carbons (Fsp3) is 0.150. The first kappa shape index (κ1) is 15.3. The molecular formula is C20H17N3O2. The van der Waals surface area contributed by atoms with Crippen LogP contribution < -0.4 is 10.9 Å². The van der Waals surface area contributed by atoms with E-state index in [0.29, 0.717) is 11.3 Å². The zero-order chi connectivity index (χ0) is 17.2. The average molecular weight is 331 g/mol. The Kier molecular flexibility index (Phi) is 3.90. The Balaban J connectivity index is 1.52. The summed E-state index contributed by atoms with van der Waals surface area (Å²) in [5.74, 6) is -0.102. The van der Waals surface area contributed by atoms with E-state index in [1.165, 1.54) is 21.9 Å². The monoisotopic (exact) mass is 331 g/mol. The highest BCUT2D eigenvalue weighted by Crippen LogP contribution is 2.30. The van der Waals surface area contributed by atoms with E-state index in [1.54, 1.807) is 36.7 Å². The van der Waals surface area contributed by atoms with E-state index in [-0.39, 0.29) is 17.5 Å². The molecule has 4 rings (SSSR count). The number of amides is 1. The summed E-state index contributed by atoms with van der Waals surface area (Å²) in [6.45, 7) is 0. The SMILES string of the molecule is O=C(NC1CCc2ccccc21)c1ccc(-n2ccncc2=O)cc1. The second kappa shape index (κ2) is 6.36. The molecular weight excluding hydrogens is 314 g/mol. The summed E-state index contributed by atoms with van der Waals surface area (Å²) < 4.78 is 1.49. The fourth-order valence-electron chi connectivity index (χ4n) is 3.28. The molecule has 0 fully saturated rings. The Hall–Kier alpha value is -3.21. The number of nitrogens with one attached hydrogen (secondary N) is 1. The van der Waals surface area contributed by atoms with Crippen molar-refractivity contribution >= 4 is 5.91 Å². The lowest BCUT2D eigenvalue weighted by atomic mass is 10.1. The molecule has 0 spiro atoms. The van der Waals surface area contributed by atoms with Crippen molar-refractivity contribution in [2.24, 2.45) is 0 Å². The Morgan fingerprint density at radius 3 is 2.72 bits per heavy atom. The minimum atomic E-state index is -0.206. The molecule has 124 valence electrons. The summed E-state index contributed by atoms with van der Waals surface area (Å²) in [5.41, 5.74) is 3.59. The van der Waals surface area contributed by atoms with Gasteiger partial charge in [0.15, 0.2) is 0 Å². The number of carbonyl (C=O) groups is 1. The zero-order valence-electron chi connectivity index (χ0n) is 13.6. The van der Waals surface area contributed by atoms with Crippen LogP contribution in [-0.2, 0) is 6.42 Å². The van der Waals surface area contributed by atoms with Crippen molar-refractivity contribution in [2.45, 2.75) is 18.9 Å². The molecule has 2 aromatic carbocycles. The van der Waals surface area contributed by atoms with Crippen molar-refractivity contribution in [1.29, 1.82) is 0 Å². The van der Waals surface area contributed by atoms with Gasteiger partial charge < -0.3 is 5.32 Å². The summed E-state index contributed by atoms with van der Waals surface area (Å²) in [7, 11) is 0. The molecule has 0 radical (unpaired) electrons. The van der Waals surface area contributed by atoms with Gasteiger partial charge in [-0.15, -0.1) is 0 Å². The summed E-state index contributed by atoms with van der Waals surface area (Å²) in [5, 5.41) is 3.10. The molecule has 0 saturated carbocycles. The minimum absolute atomic E-state index is 0.0613. The number of aromatic nitrogens is 2. The lowest BCUT2D eigenvalue weighted by Gasteiger charge is -2.14. The van der Waals surface area contributed by atoms with Gasteiger partial charge in [0, 0.05) is 23.6 Å². The topological polar surface area (TPSA) is 64.0 Å². The maximum Gasteiger partial charge on any atom is 0.273 e. The van der Waals surface area contributed by atoms with Gasteiger partial charge >= 0.3 is 0 Å². The molecule has 1 aliphatic carbocycles. The van der Waals surface area contributed by atoms with Crippen LogP contribution in [0.4, 0.5) is 0 Å². The Bertz CT molecular complexity index is 976. The van der Waals surface area contributed by atoms with Gasteiger partial charge in [-0.05, 0) is 48.2 Å². The van der Waals surface area contributed by atoms with Crippen molar-refractivity contribution in [2.75, 3.05) is 0 Å². The fourth-order valence-corrected chi connectivity index (χ4v) is 3.28. The van der Waals surface area contributed by atoms with E-state index in [0.717, 1.165) is 12.8 Å². The van der Waals surface area contributed by atoms with E-state index in [9.17, 15) is 9.59 Å². The summed E-state index contributed by atoms with van der Waals surface area (Å²) in [6, 6.07) is 15.3. The first-order valence-electron chi connectivity index (χ1n) is 8.24. The Morgan fingerprint density at radius 2 is 1.92 bits per heavy atom. The number of rotatable bonds is 3. The number of nitrogens with zero attached hydrogens (tertiary/aromatic N) is 2. The molecule has 5 nitrogen and oxygen atoms in total. The zero-order valence-corrected chi connectivity index (χ0v) is 13.6. The van der Waals surface area contributed by atoms with E-state index >= 15 is 0 Å². The van der Waals surface area contributed by atoms with E-state index in [4.69, 9.17) is 0 Å². The second-order valence-corrected chi connectivity index (χ2v) is 6.09. The van der Waals surface area contributed by atoms with E-state index < -0.39 is 0 Å². The normalized spacial score (nSPS) is 15.6. The van der Waals surface area contributed by atoms with E-state index in [2.05, 4.69) is 22.4 Å². The van der Waals surface area contributed by atoms with Gasteiger partial charge in [-0.3, -0.25) is 19.1 Å². The van der Waals surface area contributed by atoms with Crippen LogP contribution >= 0.6 is 0 Å². The molecule has 0 bridgehead atoms. The van der Waals surface area contributed by atoms with Crippen molar-refractivity contribution in [3.63, 3.8) is 0 Å². The van der Waals surface area contributed by atoms with Crippen LogP contribution in [0.2, 0.25) is 0 Å². The number of hydrogen-bond donors (Lipinski definition) is 1. The lowest BCUT2D eigenvalue weighted by molar-refractivity contribution is 0.0936. The maximum atomic E-state index is 12.5. The van der Waals surface area contributed by atoms with Crippen LogP contribution in [0.15, 0.2) is 71.9 Å². The third-order valence-corrected chi connectivity index (χ3v) is 4.57. The summed E-state index contributed by atoms with van der Waals surface area (Å²) in [6.07, 6.45) is 6.34. The van der Waals surface area contributed by atoms with Gasteiger partial charge in [-0.2, -0.15) is 0 Å². The van der Waals surface area contributed by atoms with Gasteiger partial charge in [0.1, 0.15) is 0 Å². The third-order valence-electron chi connectivity index (χ3n) is 4.57. The van der Waals surface area contributed by atoms with Crippen molar-refractivity contribution in [3.8, 4) is 5.69 Å². The lowest BCUT2D eigenvalue weighted by Crippen LogP contribution is -2.27. The predicted octanol–water partition coefficient (Wildman–Crippen LogP) is 2.65. The molecule has 1 N–H and O–H groups in total.